The van der Waals surface area contributed by atoms with Crippen LogP contribution in [0.3, 0.4) is 0 Å². The van der Waals surface area contributed by atoms with E-state index in [1.54, 1.807) is 19.6 Å². The Morgan fingerprint density at radius 3 is 3.22 bits per heavy atom. The Morgan fingerprint density at radius 1 is 1.78 bits per heavy atom. The van der Waals surface area contributed by atoms with Crippen molar-refractivity contribution in [3.05, 3.63) is 18.7 Å². The van der Waals surface area contributed by atoms with Crippen LogP contribution in [-0.4, -0.2) is 23.3 Å². The molecular formula is C6H9N2O. The number of ether oxygens (including phenoxy) is 1. The molecule has 0 aliphatic heterocycles. The number of rotatable bonds is 3. The van der Waals surface area contributed by atoms with Crippen molar-refractivity contribution >= 4 is 0 Å². The summed E-state index contributed by atoms with van der Waals surface area (Å²) >= 11 is 0. The summed E-state index contributed by atoms with van der Waals surface area (Å²) in [4.78, 5) is 3.76. The molecule has 0 aromatic carbocycles. The van der Waals surface area contributed by atoms with Crippen LogP contribution in [0.4, 0.5) is 0 Å². The maximum atomic E-state index is 4.85. The van der Waals surface area contributed by atoms with Gasteiger partial charge in [-0.2, -0.15) is 0 Å². The third-order valence-electron chi connectivity index (χ3n) is 1.06. The molecule has 0 fully saturated rings. The molecular weight excluding hydrogens is 116 g/mol. The fraction of sp³-hybridized carbons (Fsp3) is 0.500. The molecule has 3 heteroatoms. The molecule has 1 heterocycles. The van der Waals surface area contributed by atoms with Crippen molar-refractivity contribution in [3.63, 3.8) is 0 Å². The largest absolute Gasteiger partial charge is 0.383 e. The van der Waals surface area contributed by atoms with E-state index >= 15 is 0 Å². The van der Waals surface area contributed by atoms with Crippen molar-refractivity contribution < 1.29 is 4.74 Å². The molecule has 0 unspecified atom stereocenters. The lowest BCUT2D eigenvalue weighted by atomic mass is 10.7. The normalized spacial score (nSPS) is 9.89. The van der Waals surface area contributed by atoms with Gasteiger partial charge in [-0.05, 0) is 0 Å². The number of nitrogens with zero attached hydrogens (tertiary/aromatic N) is 2. The van der Waals surface area contributed by atoms with Crippen molar-refractivity contribution in [1.82, 2.24) is 9.55 Å². The average molecular weight is 125 g/mol. The number of imidazole rings is 1. The molecule has 0 aliphatic carbocycles. The predicted octanol–water partition coefficient (Wildman–Crippen LogP) is 0.330. The van der Waals surface area contributed by atoms with Gasteiger partial charge < -0.3 is 9.30 Å². The van der Waals surface area contributed by atoms with Gasteiger partial charge in [0, 0.05) is 19.9 Å². The highest BCUT2D eigenvalue weighted by Crippen LogP contribution is 1.83. The Balaban J connectivity index is 2.30. The zero-order valence-electron chi connectivity index (χ0n) is 5.37. The van der Waals surface area contributed by atoms with Crippen LogP contribution in [-0.2, 0) is 11.3 Å². The van der Waals surface area contributed by atoms with E-state index in [0.717, 1.165) is 13.2 Å². The summed E-state index contributed by atoms with van der Waals surface area (Å²) in [7, 11) is 1.68. The summed E-state index contributed by atoms with van der Waals surface area (Å²) in [6.45, 7) is 1.58. The van der Waals surface area contributed by atoms with E-state index in [4.69, 9.17) is 4.74 Å². The van der Waals surface area contributed by atoms with Gasteiger partial charge in [0.1, 0.15) is 6.20 Å². The second kappa shape index (κ2) is 3.25. The molecule has 0 saturated heterocycles. The molecule has 1 radical (unpaired) electrons. The number of methoxy groups -OCH3 is 1. The monoisotopic (exact) mass is 125 g/mol. The van der Waals surface area contributed by atoms with Crippen molar-refractivity contribution in [2.24, 2.45) is 0 Å². The van der Waals surface area contributed by atoms with Crippen LogP contribution >= 0.6 is 0 Å². The Morgan fingerprint density at radius 2 is 2.67 bits per heavy atom. The second-order valence-corrected chi connectivity index (χ2v) is 1.73. The zero-order valence-corrected chi connectivity index (χ0v) is 5.37. The standard InChI is InChI=1S/C6H9N2O/c1-9-5-4-8-3-2-7-6-8/h3,6H,4-5H2,1H3. The van der Waals surface area contributed by atoms with Crippen molar-refractivity contribution in [3.8, 4) is 0 Å². The zero-order chi connectivity index (χ0) is 6.53. The van der Waals surface area contributed by atoms with Gasteiger partial charge in [-0.15, -0.1) is 0 Å². The van der Waals surface area contributed by atoms with Gasteiger partial charge in [0.05, 0.1) is 12.9 Å². The van der Waals surface area contributed by atoms with E-state index in [9.17, 15) is 0 Å². The Bertz CT molecular complexity index is 148. The molecule has 0 saturated carbocycles. The van der Waals surface area contributed by atoms with Crippen LogP contribution in [0, 0.1) is 6.20 Å². The van der Waals surface area contributed by atoms with Gasteiger partial charge in [-0.25, -0.2) is 4.98 Å². The van der Waals surface area contributed by atoms with Crippen molar-refractivity contribution in [2.45, 2.75) is 6.54 Å². The molecule has 1 aromatic rings. The summed E-state index contributed by atoms with van der Waals surface area (Å²) in [6.07, 6.45) is 6.21. The third-order valence-corrected chi connectivity index (χ3v) is 1.06. The lowest BCUT2D eigenvalue weighted by Crippen LogP contribution is -2.00. The Labute approximate surface area is 54.3 Å². The van der Waals surface area contributed by atoms with Crippen LogP contribution in [0.25, 0.3) is 0 Å². The highest BCUT2D eigenvalue weighted by molar-refractivity contribution is 4.70. The molecule has 3 nitrogen and oxygen atoms in total. The molecule has 1 rings (SSSR count). The molecule has 0 aliphatic rings. The van der Waals surface area contributed by atoms with Crippen LogP contribution in [0.2, 0.25) is 0 Å². The first-order chi connectivity index (χ1) is 4.43. The minimum atomic E-state index is 0.726. The predicted molar refractivity (Wildman–Crippen MR) is 32.9 cm³/mol. The maximum Gasteiger partial charge on any atom is 0.108 e. The minimum absolute atomic E-state index is 0.726. The van der Waals surface area contributed by atoms with Crippen molar-refractivity contribution in [1.29, 1.82) is 0 Å². The quantitative estimate of drug-likeness (QED) is 0.582. The van der Waals surface area contributed by atoms with Crippen LogP contribution < -0.4 is 0 Å². The SMILES string of the molecule is COCCn1c[c]nc1. The topological polar surface area (TPSA) is 27.1 Å². The summed E-state index contributed by atoms with van der Waals surface area (Å²) in [5.74, 6) is 0. The van der Waals surface area contributed by atoms with E-state index in [0.29, 0.717) is 0 Å². The fourth-order valence-corrected chi connectivity index (χ4v) is 0.567. The highest BCUT2D eigenvalue weighted by atomic mass is 16.5. The summed E-state index contributed by atoms with van der Waals surface area (Å²) in [5.41, 5.74) is 0. The Hall–Kier alpha value is -0.830. The number of aromatic nitrogens is 2. The molecule has 1 aromatic heterocycles. The van der Waals surface area contributed by atoms with Crippen molar-refractivity contribution in [2.75, 3.05) is 13.7 Å². The van der Waals surface area contributed by atoms with Crippen LogP contribution in [0.1, 0.15) is 0 Å². The van der Waals surface area contributed by atoms with Gasteiger partial charge >= 0.3 is 0 Å². The second-order valence-electron chi connectivity index (χ2n) is 1.73. The van der Waals surface area contributed by atoms with Gasteiger partial charge in [0.25, 0.3) is 0 Å². The van der Waals surface area contributed by atoms with E-state index in [1.807, 2.05) is 4.57 Å². The molecule has 9 heavy (non-hydrogen) atoms. The van der Waals surface area contributed by atoms with Crippen LogP contribution in [0.15, 0.2) is 12.5 Å². The highest BCUT2D eigenvalue weighted by Gasteiger charge is 1.85. The average Bonchev–Trinajstić information content (AvgIpc) is 2.34. The molecule has 0 N–H and O–H groups in total. The fourth-order valence-electron chi connectivity index (χ4n) is 0.567. The summed E-state index contributed by atoms with van der Waals surface area (Å²) < 4.78 is 6.77. The summed E-state index contributed by atoms with van der Waals surface area (Å²) in [5, 5.41) is 0. The van der Waals surface area contributed by atoms with Crippen LogP contribution in [0.5, 0.6) is 0 Å². The smallest absolute Gasteiger partial charge is 0.108 e. The maximum absolute atomic E-state index is 4.85. The van der Waals surface area contributed by atoms with E-state index in [-0.39, 0.29) is 0 Å². The molecule has 0 bridgehead atoms. The molecule has 0 spiro atoms. The number of hydrogen-bond donors (Lipinski definition) is 0. The first-order valence-electron chi connectivity index (χ1n) is 2.80. The number of hydrogen-bond acceptors (Lipinski definition) is 2. The van der Waals surface area contributed by atoms with Gasteiger partial charge in [0.15, 0.2) is 0 Å². The minimum Gasteiger partial charge on any atom is -0.383 e. The lowest BCUT2D eigenvalue weighted by Gasteiger charge is -1.97. The third kappa shape index (κ3) is 1.85. The lowest BCUT2D eigenvalue weighted by molar-refractivity contribution is 0.187. The van der Waals surface area contributed by atoms with Gasteiger partial charge in [-0.1, -0.05) is 0 Å². The van der Waals surface area contributed by atoms with E-state index in [1.165, 1.54) is 0 Å². The first-order valence-corrected chi connectivity index (χ1v) is 2.80. The molecule has 0 amide bonds. The van der Waals surface area contributed by atoms with E-state index in [2.05, 4.69) is 11.2 Å². The van der Waals surface area contributed by atoms with Gasteiger partial charge in [0.2, 0.25) is 0 Å². The molecule has 0 atom stereocenters. The molecule has 49 valence electrons. The van der Waals surface area contributed by atoms with Gasteiger partial charge in [-0.3, -0.25) is 0 Å². The summed E-state index contributed by atoms with van der Waals surface area (Å²) in [6, 6.07) is 0. The van der Waals surface area contributed by atoms with E-state index < -0.39 is 0 Å². The first kappa shape index (κ1) is 6.29. The Kier molecular flexibility index (Phi) is 2.27.